The Morgan fingerprint density at radius 2 is 1.86 bits per heavy atom. The summed E-state index contributed by atoms with van der Waals surface area (Å²) in [5.41, 5.74) is 6.92. The number of sulfonamides is 1. The van der Waals surface area contributed by atoms with Crippen molar-refractivity contribution >= 4 is 21.1 Å². The van der Waals surface area contributed by atoms with Gasteiger partial charge in [-0.3, -0.25) is 9.13 Å². The van der Waals surface area contributed by atoms with Crippen LogP contribution >= 0.6 is 0 Å². The van der Waals surface area contributed by atoms with Crippen molar-refractivity contribution in [1.82, 2.24) is 13.4 Å². The van der Waals surface area contributed by atoms with Gasteiger partial charge in [0.05, 0.1) is 15.9 Å². The smallest absolute Gasteiger partial charge is 0.326 e. The third kappa shape index (κ3) is 2.10. The Morgan fingerprint density at radius 3 is 2.48 bits per heavy atom. The Labute approximate surface area is 122 Å². The SMILES string of the molecule is Cn1c(=O)n(C)c2cc(S(=O)(=O)N3CC[C@@H](N)C3)ccc21. The molecule has 0 saturated carbocycles. The van der Waals surface area contributed by atoms with Gasteiger partial charge >= 0.3 is 5.69 Å². The van der Waals surface area contributed by atoms with E-state index in [0.29, 0.717) is 30.5 Å². The number of nitrogens with two attached hydrogens (primary N) is 1. The number of rotatable bonds is 2. The average Bonchev–Trinajstić information content (AvgIpc) is 2.98. The maximum absolute atomic E-state index is 12.6. The summed E-state index contributed by atoms with van der Waals surface area (Å²) in [6.07, 6.45) is 0.672. The zero-order valence-electron chi connectivity index (χ0n) is 12.0. The summed E-state index contributed by atoms with van der Waals surface area (Å²) < 4.78 is 29.6. The zero-order chi connectivity index (χ0) is 15.4. The number of hydrogen-bond donors (Lipinski definition) is 1. The van der Waals surface area contributed by atoms with Gasteiger partial charge in [-0.2, -0.15) is 4.31 Å². The van der Waals surface area contributed by atoms with E-state index in [4.69, 9.17) is 5.73 Å². The topological polar surface area (TPSA) is 90.3 Å². The number of imidazole rings is 1. The van der Waals surface area contributed by atoms with Gasteiger partial charge in [-0.05, 0) is 24.6 Å². The number of nitrogens with zero attached hydrogens (tertiary/aromatic N) is 3. The minimum Gasteiger partial charge on any atom is -0.326 e. The second-order valence-corrected chi connectivity index (χ2v) is 7.40. The first kappa shape index (κ1) is 14.3. The molecule has 2 heterocycles. The molecule has 7 nitrogen and oxygen atoms in total. The van der Waals surface area contributed by atoms with E-state index in [0.717, 1.165) is 0 Å². The second kappa shape index (κ2) is 4.69. The molecule has 1 aliphatic heterocycles. The fourth-order valence-electron chi connectivity index (χ4n) is 2.77. The van der Waals surface area contributed by atoms with E-state index in [9.17, 15) is 13.2 Å². The highest BCUT2D eigenvalue weighted by Gasteiger charge is 2.31. The molecule has 1 aromatic heterocycles. The zero-order valence-corrected chi connectivity index (χ0v) is 12.8. The Bertz CT molecular complexity index is 865. The van der Waals surface area contributed by atoms with Gasteiger partial charge in [-0.1, -0.05) is 0 Å². The van der Waals surface area contributed by atoms with Gasteiger partial charge in [-0.25, -0.2) is 13.2 Å². The Balaban J connectivity index is 2.13. The van der Waals surface area contributed by atoms with Crippen LogP contribution in [0.1, 0.15) is 6.42 Å². The second-order valence-electron chi connectivity index (χ2n) is 5.46. The van der Waals surface area contributed by atoms with Crippen LogP contribution in [0.15, 0.2) is 27.9 Å². The molecular formula is C13H18N4O3S. The number of benzene rings is 1. The van der Waals surface area contributed by atoms with E-state index in [1.807, 2.05) is 0 Å². The van der Waals surface area contributed by atoms with Gasteiger partial charge in [-0.15, -0.1) is 0 Å². The predicted octanol–water partition coefficient (Wildman–Crippen LogP) is -0.401. The highest BCUT2D eigenvalue weighted by atomic mass is 32.2. The number of fused-ring (bicyclic) bond motifs is 1. The van der Waals surface area contributed by atoms with Gasteiger partial charge in [0, 0.05) is 33.2 Å². The first-order chi connectivity index (χ1) is 9.82. The van der Waals surface area contributed by atoms with Crippen molar-refractivity contribution < 1.29 is 8.42 Å². The largest absolute Gasteiger partial charge is 0.328 e. The molecule has 0 radical (unpaired) electrons. The molecule has 0 unspecified atom stereocenters. The summed E-state index contributed by atoms with van der Waals surface area (Å²) >= 11 is 0. The van der Waals surface area contributed by atoms with Crippen LogP contribution in [0.2, 0.25) is 0 Å². The number of hydrogen-bond acceptors (Lipinski definition) is 4. The molecule has 1 saturated heterocycles. The lowest BCUT2D eigenvalue weighted by atomic mass is 10.3. The van der Waals surface area contributed by atoms with Crippen LogP contribution in [0.3, 0.4) is 0 Å². The molecular weight excluding hydrogens is 292 g/mol. The summed E-state index contributed by atoms with van der Waals surface area (Å²) in [5, 5.41) is 0. The minimum absolute atomic E-state index is 0.107. The van der Waals surface area contributed by atoms with Crippen LogP contribution in [0.5, 0.6) is 0 Å². The van der Waals surface area contributed by atoms with E-state index in [1.54, 1.807) is 32.3 Å². The maximum Gasteiger partial charge on any atom is 0.328 e. The van der Waals surface area contributed by atoms with Crippen molar-refractivity contribution in [3.8, 4) is 0 Å². The Kier molecular flexibility index (Phi) is 3.19. The van der Waals surface area contributed by atoms with Crippen LogP contribution in [0.25, 0.3) is 11.0 Å². The van der Waals surface area contributed by atoms with Crippen LogP contribution < -0.4 is 11.4 Å². The van der Waals surface area contributed by atoms with Crippen molar-refractivity contribution in [1.29, 1.82) is 0 Å². The van der Waals surface area contributed by atoms with Crippen molar-refractivity contribution in [2.45, 2.75) is 17.4 Å². The Hall–Kier alpha value is -1.64. The van der Waals surface area contributed by atoms with E-state index in [2.05, 4.69) is 0 Å². The molecule has 0 amide bonds. The number of aryl methyl sites for hydroxylation is 2. The van der Waals surface area contributed by atoms with E-state index in [1.165, 1.54) is 13.4 Å². The quantitative estimate of drug-likeness (QED) is 0.817. The molecule has 2 aromatic rings. The molecule has 114 valence electrons. The summed E-state index contributed by atoms with van der Waals surface area (Å²) in [6, 6.07) is 4.65. The molecule has 21 heavy (non-hydrogen) atoms. The van der Waals surface area contributed by atoms with E-state index < -0.39 is 10.0 Å². The summed E-state index contributed by atoms with van der Waals surface area (Å²) in [6.45, 7) is 0.781. The van der Waals surface area contributed by atoms with Gasteiger partial charge < -0.3 is 5.73 Å². The van der Waals surface area contributed by atoms with E-state index in [-0.39, 0.29) is 16.6 Å². The summed E-state index contributed by atoms with van der Waals surface area (Å²) in [5.74, 6) is 0. The molecule has 0 spiro atoms. The minimum atomic E-state index is -3.55. The molecule has 0 aliphatic carbocycles. The van der Waals surface area contributed by atoms with Gasteiger partial charge in [0.25, 0.3) is 0 Å². The predicted molar refractivity (Wildman–Crippen MR) is 79.5 cm³/mol. The third-order valence-corrected chi connectivity index (χ3v) is 5.93. The van der Waals surface area contributed by atoms with Crippen molar-refractivity contribution in [3.05, 3.63) is 28.7 Å². The van der Waals surface area contributed by atoms with Crippen molar-refractivity contribution in [3.63, 3.8) is 0 Å². The van der Waals surface area contributed by atoms with Crippen LogP contribution in [0, 0.1) is 0 Å². The lowest BCUT2D eigenvalue weighted by Gasteiger charge is -2.16. The normalized spacial score (nSPS) is 20.4. The first-order valence-corrected chi connectivity index (χ1v) is 8.17. The van der Waals surface area contributed by atoms with Gasteiger partial charge in [0.2, 0.25) is 10.0 Å². The van der Waals surface area contributed by atoms with E-state index >= 15 is 0 Å². The van der Waals surface area contributed by atoms with Crippen molar-refractivity contribution in [2.24, 2.45) is 19.8 Å². The molecule has 1 fully saturated rings. The summed E-state index contributed by atoms with van der Waals surface area (Å²) in [4.78, 5) is 12.1. The lowest BCUT2D eigenvalue weighted by molar-refractivity contribution is 0.472. The van der Waals surface area contributed by atoms with Gasteiger partial charge in [0.15, 0.2) is 0 Å². The fraction of sp³-hybridized carbons (Fsp3) is 0.462. The molecule has 1 atom stereocenters. The first-order valence-electron chi connectivity index (χ1n) is 6.73. The molecule has 2 N–H and O–H groups in total. The molecule has 8 heteroatoms. The van der Waals surface area contributed by atoms with Crippen LogP contribution in [0.4, 0.5) is 0 Å². The Morgan fingerprint density at radius 1 is 1.19 bits per heavy atom. The van der Waals surface area contributed by atoms with Gasteiger partial charge in [0.1, 0.15) is 0 Å². The van der Waals surface area contributed by atoms with Crippen LogP contribution in [-0.4, -0.2) is 41.0 Å². The average molecular weight is 310 g/mol. The highest BCUT2D eigenvalue weighted by molar-refractivity contribution is 7.89. The summed E-state index contributed by atoms with van der Waals surface area (Å²) in [7, 11) is -0.258. The molecule has 1 aliphatic rings. The molecule has 1 aromatic carbocycles. The molecule has 3 rings (SSSR count). The monoisotopic (exact) mass is 310 g/mol. The fourth-order valence-corrected chi connectivity index (χ4v) is 4.30. The third-order valence-electron chi connectivity index (χ3n) is 4.07. The lowest BCUT2D eigenvalue weighted by Crippen LogP contribution is -2.31. The van der Waals surface area contributed by atoms with Crippen molar-refractivity contribution in [2.75, 3.05) is 13.1 Å². The highest BCUT2D eigenvalue weighted by Crippen LogP contribution is 2.23. The standard InChI is InChI=1S/C13H18N4O3S/c1-15-11-4-3-10(7-12(11)16(2)13(15)18)21(19,20)17-6-5-9(14)8-17/h3-4,7,9H,5-6,8,14H2,1-2H3/t9-/m1/s1. The maximum atomic E-state index is 12.6. The number of aromatic nitrogens is 2. The molecule has 0 bridgehead atoms. The van der Waals surface area contributed by atoms with Crippen LogP contribution in [-0.2, 0) is 24.1 Å².